The van der Waals surface area contributed by atoms with Crippen molar-refractivity contribution in [2.45, 2.75) is 6.17 Å². The first-order chi connectivity index (χ1) is 18.5. The van der Waals surface area contributed by atoms with E-state index in [0.29, 0.717) is 15.8 Å². The Balaban J connectivity index is 1.28. The molecule has 0 aliphatic carbocycles. The molecule has 194 valence electrons. The number of amides is 1. The van der Waals surface area contributed by atoms with E-state index in [1.165, 1.54) is 5.56 Å². The molecule has 3 aromatic carbocycles. The predicted molar refractivity (Wildman–Crippen MR) is 160 cm³/mol. The zero-order valence-corrected chi connectivity index (χ0v) is 22.8. The van der Waals surface area contributed by atoms with Gasteiger partial charge < -0.3 is 15.1 Å². The summed E-state index contributed by atoms with van der Waals surface area (Å²) in [5.74, 6) is -0.175. The molecule has 2 heterocycles. The van der Waals surface area contributed by atoms with Crippen LogP contribution in [0.4, 0.5) is 5.69 Å². The molecule has 2 aliphatic heterocycles. The van der Waals surface area contributed by atoms with Crippen LogP contribution in [0, 0.1) is 0 Å². The van der Waals surface area contributed by atoms with Crippen molar-refractivity contribution in [3.05, 3.63) is 107 Å². The summed E-state index contributed by atoms with van der Waals surface area (Å²) in [5.41, 5.74) is 4.39. The SMILES string of the molecule is CN1C(=O)C(NC(=S)N2CCN(C/C=C/c3ccccc3)CC2)N=C(c2ccccc2)c2cc(Cl)ccc21. The number of hydrogen-bond acceptors (Lipinski definition) is 4. The maximum absolute atomic E-state index is 13.5. The highest BCUT2D eigenvalue weighted by Crippen LogP contribution is 2.30. The van der Waals surface area contributed by atoms with Gasteiger partial charge in [-0.15, -0.1) is 0 Å². The number of halogens is 1. The summed E-state index contributed by atoms with van der Waals surface area (Å²) >= 11 is 12.1. The number of hydrogen-bond donors (Lipinski definition) is 1. The number of fused-ring (bicyclic) bond motifs is 1. The summed E-state index contributed by atoms with van der Waals surface area (Å²) < 4.78 is 0. The van der Waals surface area contributed by atoms with Crippen LogP contribution in [-0.4, -0.2) is 72.5 Å². The molecule has 0 aromatic heterocycles. The summed E-state index contributed by atoms with van der Waals surface area (Å²) in [6.45, 7) is 4.24. The van der Waals surface area contributed by atoms with Gasteiger partial charge in [-0.2, -0.15) is 0 Å². The van der Waals surface area contributed by atoms with E-state index in [-0.39, 0.29) is 5.91 Å². The Hall–Kier alpha value is -3.52. The van der Waals surface area contributed by atoms with E-state index in [2.05, 4.69) is 39.4 Å². The van der Waals surface area contributed by atoms with Crippen LogP contribution in [0.1, 0.15) is 16.7 Å². The van der Waals surface area contributed by atoms with Gasteiger partial charge in [0.1, 0.15) is 0 Å². The highest BCUT2D eigenvalue weighted by Gasteiger charge is 2.31. The van der Waals surface area contributed by atoms with Crippen LogP contribution in [0.5, 0.6) is 0 Å². The Morgan fingerprint density at radius 1 is 1.03 bits per heavy atom. The number of likely N-dealkylation sites (N-methyl/N-ethyl adjacent to an activating group) is 1. The number of carbonyl (C=O) groups is 1. The first-order valence-corrected chi connectivity index (χ1v) is 13.5. The van der Waals surface area contributed by atoms with E-state index in [1.54, 1.807) is 18.0 Å². The first kappa shape index (κ1) is 26.1. The highest BCUT2D eigenvalue weighted by atomic mass is 35.5. The summed E-state index contributed by atoms with van der Waals surface area (Å²) in [6, 6.07) is 25.7. The lowest BCUT2D eigenvalue weighted by molar-refractivity contribution is -0.119. The Morgan fingerprint density at radius 3 is 2.42 bits per heavy atom. The third kappa shape index (κ3) is 5.96. The van der Waals surface area contributed by atoms with Crippen LogP contribution in [0.3, 0.4) is 0 Å². The fourth-order valence-corrected chi connectivity index (χ4v) is 5.18. The molecule has 38 heavy (non-hydrogen) atoms. The van der Waals surface area contributed by atoms with Crippen molar-refractivity contribution in [2.24, 2.45) is 4.99 Å². The number of benzodiazepines with no additional fused rings is 1. The summed E-state index contributed by atoms with van der Waals surface area (Å²) in [5, 5.41) is 4.38. The van der Waals surface area contributed by atoms with Crippen LogP contribution in [0.2, 0.25) is 5.02 Å². The first-order valence-electron chi connectivity index (χ1n) is 12.7. The second kappa shape index (κ2) is 11.9. The molecule has 1 fully saturated rings. The monoisotopic (exact) mass is 543 g/mol. The number of aliphatic imine (C=N–C) groups is 1. The van der Waals surface area contributed by atoms with Crippen molar-refractivity contribution in [1.82, 2.24) is 15.1 Å². The normalized spacial score (nSPS) is 18.2. The number of carbonyl (C=O) groups excluding carboxylic acids is 1. The zero-order valence-electron chi connectivity index (χ0n) is 21.3. The minimum absolute atomic E-state index is 0.175. The van der Waals surface area contributed by atoms with Crippen molar-refractivity contribution in [2.75, 3.05) is 44.7 Å². The molecule has 8 heteroatoms. The van der Waals surface area contributed by atoms with E-state index >= 15 is 0 Å². The molecular formula is C30H30ClN5OS. The van der Waals surface area contributed by atoms with E-state index in [9.17, 15) is 4.79 Å². The Morgan fingerprint density at radius 2 is 1.71 bits per heavy atom. The Bertz CT molecular complexity index is 1350. The van der Waals surface area contributed by atoms with Gasteiger partial charge in [-0.1, -0.05) is 84.4 Å². The molecule has 0 spiro atoms. The third-order valence-electron chi connectivity index (χ3n) is 6.84. The average Bonchev–Trinajstić information content (AvgIpc) is 3.04. The number of thiocarbonyl (C=S) groups is 1. The number of nitrogens with zero attached hydrogens (tertiary/aromatic N) is 4. The molecule has 2 aliphatic rings. The van der Waals surface area contributed by atoms with E-state index in [0.717, 1.165) is 49.5 Å². The smallest absolute Gasteiger partial charge is 0.272 e. The fraction of sp³-hybridized carbons (Fsp3) is 0.233. The number of rotatable bonds is 5. The number of piperazine rings is 1. The zero-order chi connectivity index (χ0) is 26.5. The second-order valence-corrected chi connectivity index (χ2v) is 10.2. The Labute approximate surface area is 234 Å². The van der Waals surface area contributed by atoms with Gasteiger partial charge in [0.15, 0.2) is 5.11 Å². The molecule has 0 bridgehead atoms. The van der Waals surface area contributed by atoms with Gasteiger partial charge >= 0.3 is 0 Å². The molecule has 5 rings (SSSR count). The summed E-state index contributed by atoms with van der Waals surface area (Å²) in [7, 11) is 1.76. The van der Waals surface area contributed by atoms with Crippen molar-refractivity contribution in [1.29, 1.82) is 0 Å². The van der Waals surface area contributed by atoms with Crippen molar-refractivity contribution < 1.29 is 4.79 Å². The standard InChI is InChI=1S/C30H30ClN5OS/c1-34-26-15-14-24(31)21-25(26)27(23-12-6-3-7-13-23)32-28(29(34)37)33-30(38)36-19-17-35(18-20-36)16-8-11-22-9-4-2-5-10-22/h2-15,21,28H,16-20H2,1H3,(H,33,38)/b11-8+. The molecule has 1 N–H and O–H groups in total. The fourth-order valence-electron chi connectivity index (χ4n) is 4.71. The van der Waals surface area contributed by atoms with Crippen molar-refractivity contribution in [3.63, 3.8) is 0 Å². The van der Waals surface area contributed by atoms with E-state index in [1.807, 2.05) is 60.7 Å². The van der Waals surface area contributed by atoms with Crippen molar-refractivity contribution in [3.8, 4) is 0 Å². The summed E-state index contributed by atoms with van der Waals surface area (Å²) in [6.07, 6.45) is 3.51. The topological polar surface area (TPSA) is 51.2 Å². The molecule has 1 saturated heterocycles. The van der Waals surface area contributed by atoms with Gasteiger partial charge in [-0.3, -0.25) is 9.69 Å². The van der Waals surface area contributed by atoms with Crippen molar-refractivity contribution >= 4 is 52.3 Å². The summed E-state index contributed by atoms with van der Waals surface area (Å²) in [4.78, 5) is 24.5. The minimum atomic E-state index is -0.847. The van der Waals surface area contributed by atoms with Gasteiger partial charge in [-0.25, -0.2) is 4.99 Å². The maximum Gasteiger partial charge on any atom is 0.272 e. The lowest BCUT2D eigenvalue weighted by Gasteiger charge is -2.36. The van der Waals surface area contributed by atoms with Crippen LogP contribution in [-0.2, 0) is 4.79 Å². The van der Waals surface area contributed by atoms with Gasteiger partial charge in [-0.05, 0) is 36.0 Å². The van der Waals surface area contributed by atoms with Gasteiger partial charge in [0, 0.05) is 55.9 Å². The lowest BCUT2D eigenvalue weighted by atomic mass is 10.0. The average molecular weight is 544 g/mol. The molecule has 1 atom stereocenters. The predicted octanol–water partition coefficient (Wildman–Crippen LogP) is 4.69. The molecule has 0 radical (unpaired) electrons. The number of anilines is 1. The molecule has 0 saturated carbocycles. The second-order valence-electron chi connectivity index (χ2n) is 9.36. The highest BCUT2D eigenvalue weighted by molar-refractivity contribution is 7.80. The molecule has 1 unspecified atom stereocenters. The van der Waals surface area contributed by atoms with Crippen LogP contribution in [0.15, 0.2) is 89.9 Å². The number of nitrogens with one attached hydrogen (secondary N) is 1. The molecular weight excluding hydrogens is 514 g/mol. The molecule has 3 aromatic rings. The van der Waals surface area contributed by atoms with Gasteiger partial charge in [0.05, 0.1) is 11.4 Å². The van der Waals surface area contributed by atoms with Crippen LogP contribution >= 0.6 is 23.8 Å². The number of benzene rings is 3. The van der Waals surface area contributed by atoms with Gasteiger partial charge in [0.2, 0.25) is 6.17 Å². The lowest BCUT2D eigenvalue weighted by Crippen LogP contribution is -2.55. The quantitative estimate of drug-likeness (QED) is 0.473. The third-order valence-corrected chi connectivity index (χ3v) is 7.45. The maximum atomic E-state index is 13.5. The van der Waals surface area contributed by atoms with E-state index < -0.39 is 6.17 Å². The van der Waals surface area contributed by atoms with Crippen LogP contribution < -0.4 is 10.2 Å². The van der Waals surface area contributed by atoms with E-state index in [4.69, 9.17) is 28.8 Å². The molecule has 1 amide bonds. The van der Waals surface area contributed by atoms with Crippen LogP contribution in [0.25, 0.3) is 6.08 Å². The Kier molecular flexibility index (Phi) is 8.17. The minimum Gasteiger partial charge on any atom is -0.347 e. The molecule has 6 nitrogen and oxygen atoms in total. The van der Waals surface area contributed by atoms with Gasteiger partial charge in [0.25, 0.3) is 5.91 Å². The largest absolute Gasteiger partial charge is 0.347 e.